The smallest absolute Gasteiger partial charge is 0.258 e. The Bertz CT molecular complexity index is 689. The molecule has 2 aromatic rings. The number of pyridine rings is 1. The molecule has 0 saturated heterocycles. The van der Waals surface area contributed by atoms with Crippen LogP contribution in [0.25, 0.3) is 0 Å². The van der Waals surface area contributed by atoms with Gasteiger partial charge in [0.2, 0.25) is 0 Å². The predicted molar refractivity (Wildman–Crippen MR) is 82.8 cm³/mol. The van der Waals surface area contributed by atoms with Crippen molar-refractivity contribution in [3.63, 3.8) is 0 Å². The van der Waals surface area contributed by atoms with E-state index in [9.17, 15) is 4.79 Å². The number of nitrogen functional groups attached to an aromatic ring is 1. The van der Waals surface area contributed by atoms with Crippen molar-refractivity contribution in [2.75, 3.05) is 11.1 Å². The molecule has 0 aliphatic rings. The number of anilines is 2. The van der Waals surface area contributed by atoms with Gasteiger partial charge < -0.3 is 11.1 Å². The monoisotopic (exact) mass is 329 g/mol. The first-order valence-electron chi connectivity index (χ1n) is 5.57. The third-order valence-corrected chi connectivity index (χ3v) is 3.68. The number of amides is 1. The lowest BCUT2D eigenvalue weighted by atomic mass is 10.2. The minimum Gasteiger partial charge on any atom is -0.397 e. The van der Waals surface area contributed by atoms with Gasteiger partial charge in [0.1, 0.15) is 5.15 Å². The van der Waals surface area contributed by atoms with Gasteiger partial charge in [0, 0.05) is 0 Å². The molecule has 0 bridgehead atoms. The average Bonchev–Trinajstić information content (AvgIpc) is 2.41. The van der Waals surface area contributed by atoms with Gasteiger partial charge >= 0.3 is 0 Å². The molecule has 0 aliphatic heterocycles. The summed E-state index contributed by atoms with van der Waals surface area (Å²) in [5.74, 6) is -0.457. The van der Waals surface area contributed by atoms with E-state index >= 15 is 0 Å². The number of carbonyl (C=O) groups excluding carboxylic acids is 1. The zero-order chi connectivity index (χ0) is 14.9. The average molecular weight is 331 g/mol. The number of halogens is 3. The van der Waals surface area contributed by atoms with Crippen molar-refractivity contribution in [1.82, 2.24) is 4.98 Å². The van der Waals surface area contributed by atoms with Crippen molar-refractivity contribution < 1.29 is 4.79 Å². The summed E-state index contributed by atoms with van der Waals surface area (Å²) in [5.41, 5.74) is 7.26. The van der Waals surface area contributed by atoms with E-state index in [0.29, 0.717) is 15.7 Å². The van der Waals surface area contributed by atoms with Crippen LogP contribution in [-0.2, 0) is 0 Å². The van der Waals surface area contributed by atoms with E-state index in [4.69, 9.17) is 40.5 Å². The first kappa shape index (κ1) is 14.9. The summed E-state index contributed by atoms with van der Waals surface area (Å²) < 4.78 is 0. The van der Waals surface area contributed by atoms with Crippen LogP contribution in [0, 0.1) is 6.92 Å². The Morgan fingerprint density at radius 2 is 2.00 bits per heavy atom. The fourth-order valence-electron chi connectivity index (χ4n) is 1.59. The molecule has 0 atom stereocenters. The highest BCUT2D eigenvalue weighted by Crippen LogP contribution is 2.33. The lowest BCUT2D eigenvalue weighted by Gasteiger charge is -2.12. The molecule has 0 spiro atoms. The van der Waals surface area contributed by atoms with Gasteiger partial charge in [-0.25, -0.2) is 4.98 Å². The molecule has 20 heavy (non-hydrogen) atoms. The van der Waals surface area contributed by atoms with Crippen molar-refractivity contribution in [1.29, 1.82) is 0 Å². The minimum atomic E-state index is -0.457. The quantitative estimate of drug-likeness (QED) is 0.811. The Morgan fingerprint density at radius 3 is 2.70 bits per heavy atom. The molecule has 2 rings (SSSR count). The SMILES string of the molecule is Cc1ccc(Cl)c(NC(=O)c2cc(Cl)ncc2N)c1Cl. The van der Waals surface area contributed by atoms with Crippen LogP contribution in [0.1, 0.15) is 15.9 Å². The molecule has 1 heterocycles. The Morgan fingerprint density at radius 1 is 1.30 bits per heavy atom. The van der Waals surface area contributed by atoms with E-state index in [-0.39, 0.29) is 16.4 Å². The van der Waals surface area contributed by atoms with Crippen molar-refractivity contribution in [2.24, 2.45) is 0 Å². The molecule has 0 fully saturated rings. The normalized spacial score (nSPS) is 10.4. The number of hydrogen-bond donors (Lipinski definition) is 2. The number of aromatic nitrogens is 1. The van der Waals surface area contributed by atoms with Crippen molar-refractivity contribution in [2.45, 2.75) is 6.92 Å². The standard InChI is InChI=1S/C13H10Cl3N3O/c1-6-2-3-8(14)12(11(6)16)19-13(20)7-4-10(15)18-5-9(7)17/h2-5H,17H2,1H3,(H,19,20). The van der Waals surface area contributed by atoms with Gasteiger partial charge in [-0.15, -0.1) is 0 Å². The summed E-state index contributed by atoms with van der Waals surface area (Å²) in [5, 5.41) is 3.53. The van der Waals surface area contributed by atoms with Crippen LogP contribution in [0.5, 0.6) is 0 Å². The maximum Gasteiger partial charge on any atom is 0.258 e. The number of nitrogens with two attached hydrogens (primary N) is 1. The lowest BCUT2D eigenvalue weighted by molar-refractivity contribution is 0.102. The van der Waals surface area contributed by atoms with E-state index in [2.05, 4.69) is 10.3 Å². The summed E-state index contributed by atoms with van der Waals surface area (Å²) in [6.45, 7) is 1.81. The molecule has 0 radical (unpaired) electrons. The maximum atomic E-state index is 12.2. The molecular formula is C13H10Cl3N3O. The maximum absolute atomic E-state index is 12.2. The third-order valence-electron chi connectivity index (χ3n) is 2.67. The summed E-state index contributed by atoms with van der Waals surface area (Å²) in [6, 6.07) is 4.79. The second kappa shape index (κ2) is 5.87. The van der Waals surface area contributed by atoms with Crippen LogP contribution < -0.4 is 11.1 Å². The van der Waals surface area contributed by atoms with Crippen molar-refractivity contribution in [3.8, 4) is 0 Å². The van der Waals surface area contributed by atoms with Crippen molar-refractivity contribution >= 4 is 52.1 Å². The van der Waals surface area contributed by atoms with Gasteiger partial charge in [-0.05, 0) is 24.6 Å². The van der Waals surface area contributed by atoms with Gasteiger partial charge in [0.25, 0.3) is 5.91 Å². The molecular weight excluding hydrogens is 321 g/mol. The summed E-state index contributed by atoms with van der Waals surface area (Å²) >= 11 is 17.9. The fourth-order valence-corrected chi connectivity index (χ4v) is 2.21. The molecule has 1 amide bonds. The number of hydrogen-bond acceptors (Lipinski definition) is 3. The number of rotatable bonds is 2. The first-order valence-corrected chi connectivity index (χ1v) is 6.70. The molecule has 0 aliphatic carbocycles. The van der Waals surface area contributed by atoms with E-state index in [1.54, 1.807) is 12.1 Å². The third kappa shape index (κ3) is 2.98. The molecule has 3 N–H and O–H groups in total. The number of benzene rings is 1. The van der Waals surface area contributed by atoms with Crippen molar-refractivity contribution in [3.05, 3.63) is 50.7 Å². The fraction of sp³-hybridized carbons (Fsp3) is 0.0769. The summed E-state index contributed by atoms with van der Waals surface area (Å²) in [4.78, 5) is 16.0. The van der Waals surface area contributed by atoms with E-state index in [1.165, 1.54) is 12.3 Å². The number of nitrogens with zero attached hydrogens (tertiary/aromatic N) is 1. The second-order valence-electron chi connectivity index (χ2n) is 4.10. The predicted octanol–water partition coefficient (Wildman–Crippen LogP) is 4.18. The number of nitrogens with one attached hydrogen (secondary N) is 1. The Kier molecular flexibility index (Phi) is 4.38. The van der Waals surface area contributed by atoms with E-state index in [1.807, 2.05) is 6.92 Å². The van der Waals surface area contributed by atoms with E-state index in [0.717, 1.165) is 5.56 Å². The largest absolute Gasteiger partial charge is 0.397 e. The highest BCUT2D eigenvalue weighted by atomic mass is 35.5. The number of carbonyl (C=O) groups is 1. The van der Waals surface area contributed by atoms with Gasteiger partial charge in [-0.2, -0.15) is 0 Å². The molecule has 1 aromatic carbocycles. The van der Waals surface area contributed by atoms with E-state index < -0.39 is 5.91 Å². The summed E-state index contributed by atoms with van der Waals surface area (Å²) in [6.07, 6.45) is 1.32. The van der Waals surface area contributed by atoms with Crippen LogP contribution in [0.15, 0.2) is 24.4 Å². The van der Waals surface area contributed by atoms with Crippen LogP contribution in [0.3, 0.4) is 0 Å². The van der Waals surface area contributed by atoms with Gasteiger partial charge in [0.15, 0.2) is 0 Å². The highest BCUT2D eigenvalue weighted by Gasteiger charge is 2.15. The lowest BCUT2D eigenvalue weighted by Crippen LogP contribution is -2.15. The van der Waals surface area contributed by atoms with Crippen LogP contribution in [-0.4, -0.2) is 10.9 Å². The molecule has 4 nitrogen and oxygen atoms in total. The Labute approximate surface area is 130 Å². The van der Waals surface area contributed by atoms with Gasteiger partial charge in [-0.3, -0.25) is 4.79 Å². The molecule has 7 heteroatoms. The minimum absolute atomic E-state index is 0.172. The van der Waals surface area contributed by atoms with Crippen LogP contribution in [0.4, 0.5) is 11.4 Å². The van der Waals surface area contributed by atoms with Crippen LogP contribution >= 0.6 is 34.8 Å². The van der Waals surface area contributed by atoms with Gasteiger partial charge in [0.05, 0.1) is 33.2 Å². The zero-order valence-corrected chi connectivity index (χ0v) is 12.6. The Balaban J connectivity index is 2.38. The summed E-state index contributed by atoms with van der Waals surface area (Å²) in [7, 11) is 0. The zero-order valence-electron chi connectivity index (χ0n) is 10.4. The Hall–Kier alpha value is -1.49. The number of aryl methyl sites for hydroxylation is 1. The molecule has 0 unspecified atom stereocenters. The molecule has 1 aromatic heterocycles. The highest BCUT2D eigenvalue weighted by molar-refractivity contribution is 6.40. The topological polar surface area (TPSA) is 68.0 Å². The van der Waals surface area contributed by atoms with Crippen LogP contribution in [0.2, 0.25) is 15.2 Å². The molecule has 0 saturated carbocycles. The van der Waals surface area contributed by atoms with Gasteiger partial charge in [-0.1, -0.05) is 40.9 Å². The molecule has 104 valence electrons. The first-order chi connectivity index (χ1) is 9.40. The second-order valence-corrected chi connectivity index (χ2v) is 5.27.